The molecular formula is C10H5Cl3N4O2. The third-order valence-corrected chi connectivity index (χ3v) is 2.93. The van der Waals surface area contributed by atoms with Crippen LogP contribution in [0.4, 0.5) is 0 Å². The second kappa shape index (κ2) is 4.26. The van der Waals surface area contributed by atoms with Crippen LogP contribution in [-0.4, -0.2) is 19.7 Å². The maximum atomic E-state index is 11.9. The molecule has 3 rings (SSSR count). The van der Waals surface area contributed by atoms with E-state index in [0.717, 1.165) is 0 Å². The summed E-state index contributed by atoms with van der Waals surface area (Å²) in [4.78, 5) is 18.4. The van der Waals surface area contributed by atoms with Crippen molar-refractivity contribution in [2.75, 3.05) is 0 Å². The third-order valence-electron chi connectivity index (χ3n) is 2.45. The van der Waals surface area contributed by atoms with Crippen molar-refractivity contribution in [1.82, 2.24) is 19.7 Å². The Kier molecular flexibility index (Phi) is 2.81. The van der Waals surface area contributed by atoms with E-state index in [9.17, 15) is 4.79 Å². The number of hydrogen-bond acceptors (Lipinski definition) is 4. The fourth-order valence-corrected chi connectivity index (χ4v) is 1.91. The molecule has 0 aliphatic rings. The molecule has 0 fully saturated rings. The maximum Gasteiger partial charge on any atom is 0.333 e. The van der Waals surface area contributed by atoms with Gasteiger partial charge in [0.2, 0.25) is 0 Å². The minimum Gasteiger partial charge on any atom is -0.333 e. The number of halogens is 3. The highest BCUT2D eigenvalue weighted by Gasteiger charge is 2.31. The van der Waals surface area contributed by atoms with Gasteiger partial charge >= 0.3 is 5.69 Å². The van der Waals surface area contributed by atoms with Crippen molar-refractivity contribution in [3.63, 3.8) is 0 Å². The van der Waals surface area contributed by atoms with E-state index in [1.165, 1.54) is 4.57 Å². The summed E-state index contributed by atoms with van der Waals surface area (Å²) in [5, 5.41) is 3.64. The van der Waals surface area contributed by atoms with Crippen molar-refractivity contribution in [1.29, 1.82) is 0 Å². The predicted octanol–water partition coefficient (Wildman–Crippen LogP) is 2.53. The molecule has 0 bridgehead atoms. The van der Waals surface area contributed by atoms with Crippen molar-refractivity contribution >= 4 is 45.8 Å². The van der Waals surface area contributed by atoms with Crippen LogP contribution in [0.3, 0.4) is 0 Å². The zero-order chi connectivity index (χ0) is 13.6. The molecule has 2 aromatic heterocycles. The van der Waals surface area contributed by atoms with Crippen molar-refractivity contribution in [2.24, 2.45) is 0 Å². The quantitative estimate of drug-likeness (QED) is 0.699. The first kappa shape index (κ1) is 12.5. The van der Waals surface area contributed by atoms with Crippen LogP contribution in [0.2, 0.25) is 0 Å². The number of rotatable bonds is 1. The van der Waals surface area contributed by atoms with Gasteiger partial charge in [-0.3, -0.25) is 0 Å². The van der Waals surface area contributed by atoms with Gasteiger partial charge in [-0.1, -0.05) is 46.9 Å². The lowest BCUT2D eigenvalue weighted by molar-refractivity contribution is 0.380. The highest BCUT2D eigenvalue weighted by atomic mass is 35.6. The van der Waals surface area contributed by atoms with Crippen molar-refractivity contribution in [3.8, 4) is 5.95 Å². The van der Waals surface area contributed by atoms with Crippen LogP contribution < -0.4 is 5.69 Å². The van der Waals surface area contributed by atoms with Crippen LogP contribution in [0.5, 0.6) is 0 Å². The minimum atomic E-state index is -1.83. The van der Waals surface area contributed by atoms with E-state index in [2.05, 4.69) is 15.1 Å². The average molecular weight is 320 g/mol. The zero-order valence-corrected chi connectivity index (χ0v) is 11.4. The molecule has 0 saturated carbocycles. The fourth-order valence-electron chi connectivity index (χ4n) is 1.68. The molecule has 0 aliphatic heterocycles. The highest BCUT2D eigenvalue weighted by molar-refractivity contribution is 6.66. The Balaban J connectivity index is 2.22. The van der Waals surface area contributed by atoms with Crippen LogP contribution in [0.25, 0.3) is 17.0 Å². The summed E-state index contributed by atoms with van der Waals surface area (Å²) in [6, 6.07) is 7.06. The number of hydrogen-bond donors (Lipinski definition) is 1. The summed E-state index contributed by atoms with van der Waals surface area (Å²) in [6.07, 6.45) is 0. The summed E-state index contributed by atoms with van der Waals surface area (Å²) < 4.78 is 4.23. The molecule has 6 nitrogen and oxygen atoms in total. The van der Waals surface area contributed by atoms with Crippen LogP contribution in [-0.2, 0) is 3.79 Å². The molecule has 9 heteroatoms. The lowest BCUT2D eigenvalue weighted by atomic mass is 10.3. The van der Waals surface area contributed by atoms with Gasteiger partial charge in [-0.05, 0) is 17.3 Å². The first-order chi connectivity index (χ1) is 8.97. The van der Waals surface area contributed by atoms with E-state index in [1.54, 1.807) is 24.3 Å². The molecule has 19 heavy (non-hydrogen) atoms. The standard InChI is InChI=1S/C10H5Cl3N4O2/c11-10(12,13)7-15-8(16-19-7)17-6-4-2-1-3-5(6)14-9(17)18/h1-4H,(H,14,18). The second-order valence-electron chi connectivity index (χ2n) is 3.68. The summed E-state index contributed by atoms with van der Waals surface area (Å²) >= 11 is 16.9. The third kappa shape index (κ3) is 2.11. The van der Waals surface area contributed by atoms with E-state index in [4.69, 9.17) is 39.3 Å². The van der Waals surface area contributed by atoms with Crippen LogP contribution in [0, 0.1) is 0 Å². The van der Waals surface area contributed by atoms with Gasteiger partial charge in [0.1, 0.15) is 0 Å². The van der Waals surface area contributed by atoms with Crippen molar-refractivity contribution in [2.45, 2.75) is 3.79 Å². The first-order valence-corrected chi connectivity index (χ1v) is 6.21. The molecule has 2 heterocycles. The van der Waals surface area contributed by atoms with E-state index >= 15 is 0 Å². The second-order valence-corrected chi connectivity index (χ2v) is 5.96. The van der Waals surface area contributed by atoms with Crippen molar-refractivity contribution in [3.05, 3.63) is 40.6 Å². The Morgan fingerprint density at radius 3 is 2.68 bits per heavy atom. The Hall–Kier alpha value is -1.50. The van der Waals surface area contributed by atoms with Gasteiger partial charge in [-0.25, -0.2) is 9.36 Å². The zero-order valence-electron chi connectivity index (χ0n) is 9.10. The predicted molar refractivity (Wildman–Crippen MR) is 71.0 cm³/mol. The summed E-state index contributed by atoms with van der Waals surface area (Å²) in [5.41, 5.74) is 0.842. The Morgan fingerprint density at radius 2 is 2.00 bits per heavy atom. The average Bonchev–Trinajstić information content (AvgIpc) is 2.90. The van der Waals surface area contributed by atoms with Gasteiger partial charge in [0.25, 0.3) is 15.6 Å². The Labute approximate surface area is 120 Å². The van der Waals surface area contributed by atoms with Gasteiger partial charge in [0.15, 0.2) is 0 Å². The molecule has 0 atom stereocenters. The van der Waals surface area contributed by atoms with Crippen LogP contribution in [0.15, 0.2) is 33.6 Å². The Bertz CT molecular complexity index is 799. The molecule has 1 N–H and O–H groups in total. The molecule has 3 aromatic rings. The molecule has 0 radical (unpaired) electrons. The van der Waals surface area contributed by atoms with Gasteiger partial charge in [-0.15, -0.1) is 0 Å². The Morgan fingerprint density at radius 1 is 1.26 bits per heavy atom. The molecular weight excluding hydrogens is 314 g/mol. The first-order valence-electron chi connectivity index (χ1n) is 5.08. The molecule has 0 amide bonds. The highest BCUT2D eigenvalue weighted by Crippen LogP contribution is 2.37. The molecule has 1 aromatic carbocycles. The van der Waals surface area contributed by atoms with Gasteiger partial charge < -0.3 is 9.51 Å². The maximum absolute atomic E-state index is 11.9. The monoisotopic (exact) mass is 318 g/mol. The molecule has 98 valence electrons. The SMILES string of the molecule is O=c1[nH]c2ccccc2n1-c1noc(C(Cl)(Cl)Cl)n1. The summed E-state index contributed by atoms with van der Waals surface area (Å²) in [5.74, 6) is -0.201. The van der Waals surface area contributed by atoms with Gasteiger partial charge in [-0.2, -0.15) is 4.98 Å². The van der Waals surface area contributed by atoms with E-state index in [1.807, 2.05) is 0 Å². The lowest BCUT2D eigenvalue weighted by Gasteiger charge is -2.01. The lowest BCUT2D eigenvalue weighted by Crippen LogP contribution is -2.16. The number of aromatic nitrogens is 4. The fraction of sp³-hybridized carbons (Fsp3) is 0.100. The number of fused-ring (bicyclic) bond motifs is 1. The van der Waals surface area contributed by atoms with Gasteiger partial charge in [0.05, 0.1) is 11.0 Å². The van der Waals surface area contributed by atoms with Crippen molar-refractivity contribution < 1.29 is 4.52 Å². The number of imidazole rings is 1. The molecule has 0 aliphatic carbocycles. The van der Waals surface area contributed by atoms with Crippen LogP contribution >= 0.6 is 34.8 Å². The number of para-hydroxylation sites is 2. The minimum absolute atomic E-state index is 0.00350. The number of nitrogens with zero attached hydrogens (tertiary/aromatic N) is 3. The largest absolute Gasteiger partial charge is 0.333 e. The number of alkyl halides is 3. The van der Waals surface area contributed by atoms with E-state index < -0.39 is 9.48 Å². The summed E-state index contributed by atoms with van der Waals surface area (Å²) in [6.45, 7) is 0. The van der Waals surface area contributed by atoms with E-state index in [0.29, 0.717) is 11.0 Å². The number of aromatic amines is 1. The summed E-state index contributed by atoms with van der Waals surface area (Å²) in [7, 11) is 0. The number of nitrogens with one attached hydrogen (secondary N) is 1. The topological polar surface area (TPSA) is 76.7 Å². The number of H-pyrrole nitrogens is 1. The molecule has 0 spiro atoms. The smallest absolute Gasteiger partial charge is 0.333 e. The van der Waals surface area contributed by atoms with E-state index in [-0.39, 0.29) is 11.8 Å². The number of benzene rings is 1. The van der Waals surface area contributed by atoms with Crippen LogP contribution in [0.1, 0.15) is 5.89 Å². The van der Waals surface area contributed by atoms with Gasteiger partial charge in [0, 0.05) is 0 Å². The molecule has 0 unspecified atom stereocenters. The normalized spacial score (nSPS) is 12.2. The molecule has 0 saturated heterocycles.